The maximum absolute atomic E-state index is 6.33. The molecule has 0 N–H and O–H groups in total. The number of hydrogen-bond acceptors (Lipinski definition) is 4. The Morgan fingerprint density at radius 1 is 0.542 bits per heavy atom. The number of aromatic nitrogens is 4. The van der Waals surface area contributed by atoms with Crippen molar-refractivity contribution >= 4 is 71.0 Å². The first-order valence-corrected chi connectivity index (χ1v) is 20.1. The molecule has 2 unspecified atom stereocenters. The summed E-state index contributed by atoms with van der Waals surface area (Å²) in [7, 11) is 0. The fraction of sp³-hybridized carbons (Fsp3) is 0.0556. The molecule has 0 saturated heterocycles. The third-order valence-electron chi connectivity index (χ3n) is 12.3. The van der Waals surface area contributed by atoms with Crippen molar-refractivity contribution in [2.24, 2.45) is 0 Å². The van der Waals surface area contributed by atoms with Crippen molar-refractivity contribution in [3.63, 3.8) is 0 Å². The van der Waals surface area contributed by atoms with Gasteiger partial charge in [-0.3, -0.25) is 0 Å². The van der Waals surface area contributed by atoms with E-state index in [2.05, 4.69) is 157 Å². The van der Waals surface area contributed by atoms with Crippen LogP contribution < -0.4 is 0 Å². The number of para-hydroxylation sites is 1. The molecule has 3 aromatic heterocycles. The maximum atomic E-state index is 6.33. The standard InChI is InChI=1S/C54H36N4O/c1-54(38-20-6-3-7-21-38)33-39(58-46-32-37-19-9-8-18-36(37)31-44(46)41-29-27-34-15-10-11-22-40(34)50(41)58)28-30-45(54)53-56-51(35-16-4-2-5-17-35)55-52(57-53)43-24-14-26-48-49(43)42-23-12-13-25-47(42)59-48/h2-33,45H,1H3. The largest absolute Gasteiger partial charge is 0.456 e. The van der Waals surface area contributed by atoms with Gasteiger partial charge in [0.05, 0.1) is 17.0 Å². The minimum Gasteiger partial charge on any atom is -0.456 e. The zero-order chi connectivity index (χ0) is 39.1. The summed E-state index contributed by atoms with van der Waals surface area (Å²) in [5.41, 5.74) is 7.58. The minimum atomic E-state index is -0.559. The lowest BCUT2D eigenvalue weighted by atomic mass is 9.68. The Morgan fingerprint density at radius 3 is 2.05 bits per heavy atom. The van der Waals surface area contributed by atoms with Gasteiger partial charge < -0.3 is 8.98 Å². The van der Waals surface area contributed by atoms with Crippen molar-refractivity contribution in [2.45, 2.75) is 18.3 Å². The van der Waals surface area contributed by atoms with E-state index in [1.807, 2.05) is 48.5 Å². The summed E-state index contributed by atoms with van der Waals surface area (Å²) >= 11 is 0. The highest BCUT2D eigenvalue weighted by Crippen LogP contribution is 2.48. The van der Waals surface area contributed by atoms with E-state index in [1.165, 1.54) is 48.9 Å². The van der Waals surface area contributed by atoms with Crippen molar-refractivity contribution in [1.82, 2.24) is 19.5 Å². The smallest absolute Gasteiger partial charge is 0.164 e. The Balaban J connectivity index is 1.12. The van der Waals surface area contributed by atoms with E-state index in [4.69, 9.17) is 19.4 Å². The second-order valence-electron chi connectivity index (χ2n) is 15.8. The highest BCUT2D eigenvalue weighted by molar-refractivity contribution is 6.21. The SMILES string of the molecule is CC1(c2ccccc2)C=C(n2c3cc4ccccc4cc3c3ccc4ccccc4c32)C=CC1c1nc(-c2ccccc2)nc(-c2cccc3oc4ccccc4c23)n1. The van der Waals surface area contributed by atoms with Crippen molar-refractivity contribution in [3.8, 4) is 22.8 Å². The molecule has 0 bridgehead atoms. The van der Waals surface area contributed by atoms with Gasteiger partial charge in [0.1, 0.15) is 17.0 Å². The van der Waals surface area contributed by atoms with Gasteiger partial charge in [-0.25, -0.2) is 15.0 Å². The van der Waals surface area contributed by atoms with Crippen LogP contribution in [0.5, 0.6) is 0 Å². The molecule has 0 fully saturated rings. The van der Waals surface area contributed by atoms with Crippen LogP contribution >= 0.6 is 0 Å². The Morgan fingerprint density at radius 2 is 1.22 bits per heavy atom. The molecule has 5 nitrogen and oxygen atoms in total. The average Bonchev–Trinajstić information content (AvgIpc) is 3.84. The van der Waals surface area contributed by atoms with Crippen molar-refractivity contribution in [2.75, 3.05) is 0 Å². The van der Waals surface area contributed by atoms with Gasteiger partial charge in [0.25, 0.3) is 0 Å². The maximum Gasteiger partial charge on any atom is 0.164 e. The predicted molar refractivity (Wildman–Crippen MR) is 242 cm³/mol. The molecule has 278 valence electrons. The molecule has 0 amide bonds. The average molecular weight is 757 g/mol. The lowest BCUT2D eigenvalue weighted by molar-refractivity contribution is 0.503. The summed E-state index contributed by atoms with van der Waals surface area (Å²) in [5.74, 6) is 1.72. The lowest BCUT2D eigenvalue weighted by Crippen LogP contribution is -2.31. The highest BCUT2D eigenvalue weighted by atomic mass is 16.3. The molecule has 0 saturated carbocycles. The van der Waals surface area contributed by atoms with E-state index in [0.29, 0.717) is 17.5 Å². The van der Waals surface area contributed by atoms with Crippen LogP contribution in [0.25, 0.3) is 93.8 Å². The fourth-order valence-corrected chi connectivity index (χ4v) is 9.45. The molecule has 12 rings (SSSR count). The Hall–Kier alpha value is -7.63. The fourth-order valence-electron chi connectivity index (χ4n) is 9.45. The van der Waals surface area contributed by atoms with Gasteiger partial charge >= 0.3 is 0 Å². The third kappa shape index (κ3) is 5.21. The van der Waals surface area contributed by atoms with Crippen LogP contribution in [0.1, 0.15) is 24.2 Å². The molecule has 0 aliphatic heterocycles. The van der Waals surface area contributed by atoms with E-state index in [0.717, 1.165) is 38.8 Å². The number of furan rings is 1. The summed E-state index contributed by atoms with van der Waals surface area (Å²) in [5, 5.41) is 9.38. The molecule has 1 aliphatic rings. The molecule has 1 aliphatic carbocycles. The van der Waals surface area contributed by atoms with Crippen molar-refractivity contribution < 1.29 is 4.42 Å². The number of hydrogen-bond donors (Lipinski definition) is 0. The molecular formula is C54H36N4O. The van der Waals surface area contributed by atoms with Crippen molar-refractivity contribution in [1.29, 1.82) is 0 Å². The van der Waals surface area contributed by atoms with Crippen LogP contribution in [-0.4, -0.2) is 19.5 Å². The summed E-state index contributed by atoms with van der Waals surface area (Å²) in [6.45, 7) is 2.33. The van der Waals surface area contributed by atoms with Gasteiger partial charge in [0, 0.05) is 49.2 Å². The molecule has 0 spiro atoms. The van der Waals surface area contributed by atoms with Gasteiger partial charge in [0.2, 0.25) is 0 Å². The second-order valence-corrected chi connectivity index (χ2v) is 15.8. The molecule has 3 heterocycles. The Labute approximate surface area is 340 Å². The van der Waals surface area contributed by atoms with E-state index in [-0.39, 0.29) is 5.92 Å². The first kappa shape index (κ1) is 33.5. The summed E-state index contributed by atoms with van der Waals surface area (Å²) in [4.78, 5) is 16.0. The van der Waals surface area contributed by atoms with Crippen LogP contribution in [0.4, 0.5) is 0 Å². The van der Waals surface area contributed by atoms with Crippen LogP contribution in [0.15, 0.2) is 199 Å². The van der Waals surface area contributed by atoms with E-state index in [9.17, 15) is 0 Å². The summed E-state index contributed by atoms with van der Waals surface area (Å²) in [6, 6.07) is 61.9. The van der Waals surface area contributed by atoms with Gasteiger partial charge in [-0.2, -0.15) is 0 Å². The number of rotatable bonds is 5. The molecule has 11 aromatic rings. The van der Waals surface area contributed by atoms with E-state index >= 15 is 0 Å². The number of nitrogens with zero attached hydrogens (tertiary/aromatic N) is 4. The first-order chi connectivity index (χ1) is 29.1. The second kappa shape index (κ2) is 12.9. The molecule has 0 radical (unpaired) electrons. The molecule has 5 heteroatoms. The number of allylic oxidation sites excluding steroid dienone is 4. The van der Waals surface area contributed by atoms with E-state index < -0.39 is 5.41 Å². The molecular weight excluding hydrogens is 721 g/mol. The molecule has 2 atom stereocenters. The van der Waals surface area contributed by atoms with Crippen LogP contribution in [-0.2, 0) is 5.41 Å². The minimum absolute atomic E-state index is 0.233. The van der Waals surface area contributed by atoms with Crippen LogP contribution in [0, 0.1) is 0 Å². The van der Waals surface area contributed by atoms with Gasteiger partial charge in [0.15, 0.2) is 11.6 Å². The molecule has 59 heavy (non-hydrogen) atoms. The predicted octanol–water partition coefficient (Wildman–Crippen LogP) is 13.7. The van der Waals surface area contributed by atoms with Gasteiger partial charge in [-0.15, -0.1) is 0 Å². The normalized spacial score (nSPS) is 16.8. The quantitative estimate of drug-likeness (QED) is 0.175. The van der Waals surface area contributed by atoms with Gasteiger partial charge in [-0.1, -0.05) is 165 Å². The zero-order valence-corrected chi connectivity index (χ0v) is 32.2. The lowest BCUT2D eigenvalue weighted by Gasteiger charge is -2.37. The summed E-state index contributed by atoms with van der Waals surface area (Å²) in [6.07, 6.45) is 7.04. The monoisotopic (exact) mass is 756 g/mol. The third-order valence-corrected chi connectivity index (χ3v) is 12.3. The van der Waals surface area contributed by atoms with E-state index in [1.54, 1.807) is 0 Å². The van der Waals surface area contributed by atoms with Crippen LogP contribution in [0.2, 0.25) is 0 Å². The Bertz CT molecular complexity index is 3520. The Kier molecular flexibility index (Phi) is 7.35. The topological polar surface area (TPSA) is 56.7 Å². The van der Waals surface area contributed by atoms with Crippen molar-refractivity contribution in [3.05, 3.63) is 206 Å². The number of benzene rings is 8. The van der Waals surface area contributed by atoms with Crippen LogP contribution in [0.3, 0.4) is 0 Å². The zero-order valence-electron chi connectivity index (χ0n) is 32.2. The first-order valence-electron chi connectivity index (χ1n) is 20.1. The highest BCUT2D eigenvalue weighted by Gasteiger charge is 2.39. The number of fused-ring (bicyclic) bond motifs is 9. The molecule has 8 aromatic carbocycles. The van der Waals surface area contributed by atoms with Gasteiger partial charge in [-0.05, 0) is 58.1 Å². The summed E-state index contributed by atoms with van der Waals surface area (Å²) < 4.78 is 8.81.